The lowest BCUT2D eigenvalue weighted by molar-refractivity contribution is -0.159. The van der Waals surface area contributed by atoms with Crippen LogP contribution in [0.3, 0.4) is 0 Å². The minimum atomic E-state index is -1.26. The van der Waals surface area contributed by atoms with Crippen molar-refractivity contribution in [3.8, 4) is 0 Å². The Bertz CT molecular complexity index is 1600. The second-order valence-electron chi connectivity index (χ2n) is 16.5. The summed E-state index contributed by atoms with van der Waals surface area (Å²) < 4.78 is 12.6. The molecule has 0 unspecified atom stereocenters. The lowest BCUT2D eigenvalue weighted by Crippen LogP contribution is -2.60. The first-order valence-electron chi connectivity index (χ1n) is 19.1. The number of halogens is 1. The van der Waals surface area contributed by atoms with Crippen LogP contribution in [0, 0.1) is 5.92 Å². The molecule has 6 atom stereocenters. The first-order valence-corrected chi connectivity index (χ1v) is 19.5. The number of urea groups is 1. The van der Waals surface area contributed by atoms with Crippen molar-refractivity contribution in [2.24, 2.45) is 5.92 Å². The van der Waals surface area contributed by atoms with Crippen LogP contribution in [0.15, 0.2) is 24.3 Å². The van der Waals surface area contributed by atoms with Crippen LogP contribution >= 0.6 is 11.6 Å². The predicted molar refractivity (Wildman–Crippen MR) is 208 cm³/mol. The number of hydrogen-bond acceptors (Lipinski definition) is 7. The molecule has 0 saturated carbocycles. The van der Waals surface area contributed by atoms with Gasteiger partial charge in [0.1, 0.15) is 34.5 Å². The monoisotopic (exact) mass is 759 g/mol. The van der Waals surface area contributed by atoms with Crippen LogP contribution in [-0.2, 0) is 30.3 Å². The van der Waals surface area contributed by atoms with E-state index in [1.54, 1.807) is 70.7 Å². The largest absolute Gasteiger partial charge is 0.458 e. The molecule has 1 aliphatic rings. The normalized spacial score (nSPS) is 18.8. The number of benzene rings is 1. The van der Waals surface area contributed by atoms with Crippen molar-refractivity contribution in [3.05, 3.63) is 35.0 Å². The molecule has 0 spiro atoms. The molecular weight excluding hydrogens is 698 g/mol. The Balaban J connectivity index is 2.07. The Morgan fingerprint density at radius 1 is 0.868 bits per heavy atom. The fourth-order valence-electron chi connectivity index (χ4n) is 6.66. The molecule has 1 saturated heterocycles. The number of hydrogen-bond donors (Lipinski definition) is 3. The number of aromatic nitrogens is 1. The molecule has 1 aromatic heterocycles. The summed E-state index contributed by atoms with van der Waals surface area (Å²) in [6.45, 7) is 20.3. The number of piperidine rings is 1. The van der Waals surface area contributed by atoms with Crippen LogP contribution in [0.4, 0.5) is 9.59 Å². The molecule has 53 heavy (non-hydrogen) atoms. The van der Waals surface area contributed by atoms with Gasteiger partial charge in [0.15, 0.2) is 0 Å². The third-order valence-corrected chi connectivity index (χ3v) is 9.99. The number of likely N-dealkylation sites (tertiary alicyclic amines) is 1. The van der Waals surface area contributed by atoms with E-state index in [4.69, 9.17) is 21.1 Å². The van der Waals surface area contributed by atoms with Gasteiger partial charge in [-0.1, -0.05) is 69.8 Å². The fraction of sp³-hybridized carbons (Fsp3) is 0.675. The summed E-state index contributed by atoms with van der Waals surface area (Å²) in [5.41, 5.74) is -0.703. The van der Waals surface area contributed by atoms with E-state index in [0.29, 0.717) is 35.7 Å². The van der Waals surface area contributed by atoms with E-state index in [9.17, 15) is 24.0 Å². The standard InChI is InChI=1S/C40H62ClN5O7/c1-12-14-21-29(36(49)52-39(6,7)8)42-34(47)30(23-28-27-20-15-16-22-31(27)46(33(28)41)38(51)53-40(9,10)11)43-35(48)32(24(3)13-2)44-37(50)45-25(4)18-17-19-26(45)5/h15-16,20,22,24-26,29-30,32H,12-14,17-19,21,23H2,1-11H3,(H,42,47)(H,43,48)(H,44,50)/t24-,25-,26+,29+,30+,32-/m0/s1. The number of carbonyl (C=O) groups is 5. The van der Waals surface area contributed by atoms with Crippen molar-refractivity contribution in [3.63, 3.8) is 0 Å². The Kier molecular flexibility index (Phi) is 15.2. The zero-order valence-electron chi connectivity index (χ0n) is 33.6. The van der Waals surface area contributed by atoms with Crippen LogP contribution in [0.1, 0.15) is 127 Å². The number of carbonyl (C=O) groups excluding carboxylic acids is 5. The maximum absolute atomic E-state index is 14.3. The van der Waals surface area contributed by atoms with Gasteiger partial charge in [0.25, 0.3) is 0 Å². The molecule has 2 aromatic rings. The quantitative estimate of drug-likeness (QED) is 0.179. The van der Waals surface area contributed by atoms with Crippen molar-refractivity contribution in [1.29, 1.82) is 0 Å². The highest BCUT2D eigenvalue weighted by atomic mass is 35.5. The third kappa shape index (κ3) is 11.8. The molecule has 3 rings (SSSR count). The van der Waals surface area contributed by atoms with Crippen molar-refractivity contribution >= 4 is 52.4 Å². The molecule has 3 N–H and O–H groups in total. The average Bonchev–Trinajstić information content (AvgIpc) is 3.33. The lowest BCUT2D eigenvalue weighted by Gasteiger charge is -2.40. The van der Waals surface area contributed by atoms with Crippen LogP contribution in [-0.4, -0.2) is 80.8 Å². The number of fused-ring (bicyclic) bond motifs is 1. The Labute approximate surface area is 320 Å². The van der Waals surface area contributed by atoms with E-state index in [1.165, 1.54) is 4.57 Å². The number of unbranched alkanes of at least 4 members (excludes halogenated alkanes) is 1. The van der Waals surface area contributed by atoms with Gasteiger partial charge in [-0.05, 0) is 93.1 Å². The molecular formula is C40H62ClN5O7. The zero-order valence-corrected chi connectivity index (χ0v) is 34.3. The number of ether oxygens (including phenoxy) is 2. The highest BCUT2D eigenvalue weighted by molar-refractivity contribution is 6.33. The van der Waals surface area contributed by atoms with Gasteiger partial charge < -0.3 is 30.3 Å². The number of esters is 1. The van der Waals surface area contributed by atoms with E-state index in [2.05, 4.69) is 16.0 Å². The topological polar surface area (TPSA) is 148 Å². The van der Waals surface area contributed by atoms with Gasteiger partial charge in [-0.15, -0.1) is 0 Å². The molecule has 12 nitrogen and oxygen atoms in total. The molecule has 296 valence electrons. The van der Waals surface area contributed by atoms with Gasteiger partial charge in [-0.2, -0.15) is 0 Å². The van der Waals surface area contributed by atoms with Gasteiger partial charge in [-0.3, -0.25) is 9.59 Å². The number of para-hydroxylation sites is 1. The third-order valence-electron chi connectivity index (χ3n) is 9.59. The van der Waals surface area contributed by atoms with Crippen LogP contribution in [0.25, 0.3) is 10.9 Å². The first-order chi connectivity index (χ1) is 24.7. The fourth-order valence-corrected chi connectivity index (χ4v) is 7.00. The van der Waals surface area contributed by atoms with E-state index in [-0.39, 0.29) is 35.6 Å². The minimum absolute atomic E-state index is 0.00950. The van der Waals surface area contributed by atoms with E-state index >= 15 is 0 Å². The van der Waals surface area contributed by atoms with Gasteiger partial charge in [0, 0.05) is 29.5 Å². The summed E-state index contributed by atoms with van der Waals surface area (Å²) in [4.78, 5) is 70.9. The van der Waals surface area contributed by atoms with E-state index in [0.717, 1.165) is 25.7 Å². The van der Waals surface area contributed by atoms with Crippen LogP contribution in [0.5, 0.6) is 0 Å². The van der Waals surface area contributed by atoms with E-state index < -0.39 is 53.2 Å². The summed E-state index contributed by atoms with van der Waals surface area (Å²) in [7, 11) is 0. The van der Waals surface area contributed by atoms with Crippen molar-refractivity contribution < 1.29 is 33.4 Å². The number of nitrogens with zero attached hydrogens (tertiary/aromatic N) is 2. The summed E-state index contributed by atoms with van der Waals surface area (Å²) in [6, 6.07) is 3.53. The second-order valence-corrected chi connectivity index (χ2v) is 16.8. The molecule has 4 amide bonds. The first kappa shape index (κ1) is 43.6. The highest BCUT2D eigenvalue weighted by Gasteiger charge is 2.37. The van der Waals surface area contributed by atoms with Crippen molar-refractivity contribution in [2.45, 2.75) is 169 Å². The number of amides is 4. The minimum Gasteiger partial charge on any atom is -0.458 e. The average molecular weight is 760 g/mol. The van der Waals surface area contributed by atoms with Gasteiger partial charge in [-0.25, -0.2) is 19.0 Å². The molecule has 0 aliphatic carbocycles. The molecule has 0 radical (unpaired) electrons. The summed E-state index contributed by atoms with van der Waals surface area (Å²) in [6.07, 6.45) is 4.26. The number of nitrogens with one attached hydrogen (secondary N) is 3. The maximum Gasteiger partial charge on any atom is 0.420 e. The van der Waals surface area contributed by atoms with Gasteiger partial charge in [0.05, 0.1) is 5.52 Å². The molecule has 1 aliphatic heterocycles. The van der Waals surface area contributed by atoms with Gasteiger partial charge in [0.2, 0.25) is 11.8 Å². The maximum atomic E-state index is 14.3. The molecule has 1 aromatic carbocycles. The second kappa shape index (κ2) is 18.5. The highest BCUT2D eigenvalue weighted by Crippen LogP contribution is 2.32. The Morgan fingerprint density at radius 2 is 1.45 bits per heavy atom. The molecule has 0 bridgehead atoms. The smallest absolute Gasteiger partial charge is 0.420 e. The Hall–Kier alpha value is -3.80. The SMILES string of the molecule is CCCC[C@@H](NC(=O)[C@@H](Cc1c(Cl)n(C(=O)OC(C)(C)C)c2ccccc12)NC(=O)[C@@H](NC(=O)N1[C@H](C)CCC[C@@H]1C)[C@@H](C)CC)C(=O)OC(C)(C)C. The zero-order chi connectivity index (χ0) is 39.8. The van der Waals surface area contributed by atoms with Crippen LogP contribution in [0.2, 0.25) is 5.15 Å². The van der Waals surface area contributed by atoms with Crippen molar-refractivity contribution in [1.82, 2.24) is 25.4 Å². The molecule has 1 fully saturated rings. The van der Waals surface area contributed by atoms with E-state index in [1.807, 2.05) is 34.6 Å². The summed E-state index contributed by atoms with van der Waals surface area (Å²) >= 11 is 6.96. The molecule has 13 heteroatoms. The predicted octanol–water partition coefficient (Wildman–Crippen LogP) is 7.51. The van der Waals surface area contributed by atoms with Crippen molar-refractivity contribution in [2.75, 3.05) is 0 Å². The van der Waals surface area contributed by atoms with Gasteiger partial charge >= 0.3 is 18.1 Å². The summed E-state index contributed by atoms with van der Waals surface area (Å²) in [5.74, 6) is -2.06. The van der Waals surface area contributed by atoms with Crippen LogP contribution < -0.4 is 16.0 Å². The Morgan fingerprint density at radius 3 is 2.02 bits per heavy atom. The number of rotatable bonds is 13. The molecule has 2 heterocycles. The summed E-state index contributed by atoms with van der Waals surface area (Å²) in [5, 5.41) is 9.35. The lowest BCUT2D eigenvalue weighted by atomic mass is 9.96.